The summed E-state index contributed by atoms with van der Waals surface area (Å²) in [4.78, 5) is 26.5. The van der Waals surface area contributed by atoms with Crippen molar-refractivity contribution >= 4 is 33.3 Å². The van der Waals surface area contributed by atoms with E-state index in [0.717, 1.165) is 12.1 Å². The maximum atomic E-state index is 12.5. The predicted octanol–water partition coefficient (Wildman–Crippen LogP) is 3.17. The molecule has 0 spiro atoms. The van der Waals surface area contributed by atoms with Crippen LogP contribution in [0.2, 0.25) is 0 Å². The van der Waals surface area contributed by atoms with E-state index >= 15 is 0 Å². The summed E-state index contributed by atoms with van der Waals surface area (Å²) >= 11 is 3.36. The molecule has 1 heterocycles. The Morgan fingerprint density at radius 1 is 1.32 bits per heavy atom. The van der Waals surface area contributed by atoms with Gasteiger partial charge in [-0.2, -0.15) is 0 Å². The first-order valence-electron chi connectivity index (χ1n) is 6.51. The van der Waals surface area contributed by atoms with E-state index in [1.807, 2.05) is 30.3 Å². The van der Waals surface area contributed by atoms with E-state index in [4.69, 9.17) is 0 Å². The molecule has 1 aliphatic rings. The van der Waals surface area contributed by atoms with Crippen molar-refractivity contribution in [1.29, 1.82) is 0 Å². The van der Waals surface area contributed by atoms with Gasteiger partial charge in [0.05, 0.1) is 10.2 Å². The molecule has 0 N–H and O–H groups in total. The van der Waals surface area contributed by atoms with Crippen LogP contribution in [0.25, 0.3) is 0 Å². The Labute approximate surface area is 122 Å². The number of hydrogen-bond acceptors (Lipinski definition) is 2. The fourth-order valence-corrected chi connectivity index (χ4v) is 2.67. The van der Waals surface area contributed by atoms with Crippen LogP contribution >= 0.6 is 15.9 Å². The highest BCUT2D eigenvalue weighted by Crippen LogP contribution is 2.30. The van der Waals surface area contributed by atoms with Crippen molar-refractivity contribution in [1.82, 2.24) is 0 Å². The first-order valence-corrected chi connectivity index (χ1v) is 7.30. The van der Waals surface area contributed by atoms with E-state index in [0.29, 0.717) is 13.0 Å². The standard InChI is InChI=1S/C15H18BrNO2/c1-15(2,16)13(18)12-9-6-10-17(14(12)19)11-7-4-3-5-8-11/h3-5,7-8,12H,6,9-10H2,1-2H3/t12-/m1/s1. The van der Waals surface area contributed by atoms with Crippen molar-refractivity contribution in [2.24, 2.45) is 5.92 Å². The predicted molar refractivity (Wildman–Crippen MR) is 79.5 cm³/mol. The van der Waals surface area contributed by atoms with Crippen molar-refractivity contribution in [3.63, 3.8) is 0 Å². The largest absolute Gasteiger partial charge is 0.312 e. The number of carbonyl (C=O) groups is 2. The topological polar surface area (TPSA) is 37.4 Å². The van der Waals surface area contributed by atoms with Gasteiger partial charge in [-0.15, -0.1) is 0 Å². The first-order chi connectivity index (χ1) is 8.91. The molecular formula is C15H18BrNO2. The molecule has 3 nitrogen and oxygen atoms in total. The summed E-state index contributed by atoms with van der Waals surface area (Å²) in [7, 11) is 0. The van der Waals surface area contributed by atoms with Crippen molar-refractivity contribution in [2.45, 2.75) is 31.0 Å². The van der Waals surface area contributed by atoms with Gasteiger partial charge in [-0.25, -0.2) is 0 Å². The normalized spacial score (nSPS) is 20.5. The molecular weight excluding hydrogens is 306 g/mol. The highest BCUT2D eigenvalue weighted by atomic mass is 79.9. The third kappa shape index (κ3) is 3.06. The zero-order chi connectivity index (χ0) is 14.0. The van der Waals surface area contributed by atoms with Gasteiger partial charge in [0.2, 0.25) is 5.91 Å². The van der Waals surface area contributed by atoms with Crippen molar-refractivity contribution in [2.75, 3.05) is 11.4 Å². The molecule has 1 aromatic carbocycles. The number of halogens is 1. The van der Waals surface area contributed by atoms with E-state index in [1.54, 1.807) is 18.7 Å². The Balaban J connectivity index is 2.22. The van der Waals surface area contributed by atoms with Crippen LogP contribution < -0.4 is 4.90 Å². The number of hydrogen-bond donors (Lipinski definition) is 0. The summed E-state index contributed by atoms with van der Waals surface area (Å²) in [6.45, 7) is 4.28. The Kier molecular flexibility index (Phi) is 4.09. The maximum absolute atomic E-state index is 12.5. The smallest absolute Gasteiger partial charge is 0.237 e. The minimum atomic E-state index is -0.646. The van der Waals surface area contributed by atoms with Gasteiger partial charge in [-0.05, 0) is 38.8 Å². The van der Waals surface area contributed by atoms with Crippen LogP contribution in [-0.4, -0.2) is 22.6 Å². The van der Waals surface area contributed by atoms with Crippen molar-refractivity contribution in [3.8, 4) is 0 Å². The molecule has 102 valence electrons. The summed E-state index contributed by atoms with van der Waals surface area (Å²) in [6.07, 6.45) is 1.51. The number of carbonyl (C=O) groups excluding carboxylic acids is 2. The lowest BCUT2D eigenvalue weighted by atomic mass is 9.87. The van der Waals surface area contributed by atoms with Gasteiger partial charge in [0.1, 0.15) is 0 Å². The van der Waals surface area contributed by atoms with Gasteiger partial charge in [-0.1, -0.05) is 34.1 Å². The minimum Gasteiger partial charge on any atom is -0.312 e. The van der Waals surface area contributed by atoms with Crippen LogP contribution in [0.3, 0.4) is 0 Å². The lowest BCUT2D eigenvalue weighted by Gasteiger charge is -2.33. The van der Waals surface area contributed by atoms with E-state index in [1.165, 1.54) is 0 Å². The molecule has 0 aliphatic carbocycles. The van der Waals surface area contributed by atoms with E-state index in [2.05, 4.69) is 15.9 Å². The molecule has 0 aromatic heterocycles. The average molecular weight is 324 g/mol. The Morgan fingerprint density at radius 3 is 2.53 bits per heavy atom. The quantitative estimate of drug-likeness (QED) is 0.633. The van der Waals surface area contributed by atoms with Crippen LogP contribution in [0.4, 0.5) is 5.69 Å². The summed E-state index contributed by atoms with van der Waals surface area (Å²) < 4.78 is -0.646. The number of alkyl halides is 1. The van der Waals surface area contributed by atoms with Crippen molar-refractivity contribution < 1.29 is 9.59 Å². The first kappa shape index (κ1) is 14.3. The summed E-state index contributed by atoms with van der Waals surface area (Å²) in [5, 5.41) is 0. The zero-order valence-corrected chi connectivity index (χ0v) is 12.8. The number of benzene rings is 1. The molecule has 0 unspecified atom stereocenters. The molecule has 1 fully saturated rings. The lowest BCUT2D eigenvalue weighted by Crippen LogP contribution is -2.47. The van der Waals surface area contributed by atoms with Gasteiger partial charge in [0.25, 0.3) is 0 Å². The monoisotopic (exact) mass is 323 g/mol. The third-order valence-electron chi connectivity index (χ3n) is 3.41. The Hall–Kier alpha value is -1.16. The van der Waals surface area contributed by atoms with Crippen LogP contribution in [-0.2, 0) is 9.59 Å². The van der Waals surface area contributed by atoms with E-state index < -0.39 is 10.2 Å². The molecule has 0 radical (unpaired) electrons. The highest BCUT2D eigenvalue weighted by molar-refractivity contribution is 9.10. The molecule has 4 heteroatoms. The number of amides is 1. The van der Waals surface area contributed by atoms with Gasteiger partial charge in [-0.3, -0.25) is 9.59 Å². The van der Waals surface area contributed by atoms with Gasteiger partial charge in [0, 0.05) is 12.2 Å². The molecule has 1 amide bonds. The van der Waals surface area contributed by atoms with Crippen LogP contribution in [0.1, 0.15) is 26.7 Å². The number of nitrogens with zero attached hydrogens (tertiary/aromatic N) is 1. The molecule has 1 saturated heterocycles. The van der Waals surface area contributed by atoms with Gasteiger partial charge < -0.3 is 4.90 Å². The average Bonchev–Trinajstić information content (AvgIpc) is 2.38. The van der Waals surface area contributed by atoms with Crippen LogP contribution in [0.15, 0.2) is 30.3 Å². The van der Waals surface area contributed by atoms with E-state index in [9.17, 15) is 9.59 Å². The number of ketones is 1. The summed E-state index contributed by atoms with van der Waals surface area (Å²) in [5.74, 6) is -0.628. The molecule has 1 aliphatic heterocycles. The minimum absolute atomic E-state index is 0.0295. The Morgan fingerprint density at radius 2 is 1.95 bits per heavy atom. The van der Waals surface area contributed by atoms with E-state index in [-0.39, 0.29) is 11.7 Å². The number of rotatable bonds is 3. The molecule has 2 rings (SSSR count). The summed E-state index contributed by atoms with van der Waals surface area (Å²) in [6, 6.07) is 9.54. The molecule has 19 heavy (non-hydrogen) atoms. The Bertz CT molecular complexity index is 479. The van der Waals surface area contributed by atoms with Crippen LogP contribution in [0.5, 0.6) is 0 Å². The van der Waals surface area contributed by atoms with Gasteiger partial charge >= 0.3 is 0 Å². The second kappa shape index (κ2) is 5.45. The zero-order valence-electron chi connectivity index (χ0n) is 11.2. The second-order valence-electron chi connectivity index (χ2n) is 5.36. The fraction of sp³-hybridized carbons (Fsp3) is 0.467. The van der Waals surface area contributed by atoms with Gasteiger partial charge in [0.15, 0.2) is 5.78 Å². The summed E-state index contributed by atoms with van der Waals surface area (Å²) in [5.41, 5.74) is 0.873. The second-order valence-corrected chi connectivity index (χ2v) is 7.34. The number of para-hydroxylation sites is 1. The molecule has 1 atom stereocenters. The SMILES string of the molecule is CC(C)(Br)C(=O)[C@H]1CCCN(c2ccccc2)C1=O. The number of anilines is 1. The number of Topliss-reactive ketones (excluding diaryl/α,β-unsaturated/α-hetero) is 1. The number of piperidine rings is 1. The molecule has 0 bridgehead atoms. The lowest BCUT2D eigenvalue weighted by molar-refractivity contribution is -0.134. The van der Waals surface area contributed by atoms with Crippen LogP contribution in [0, 0.1) is 5.92 Å². The highest BCUT2D eigenvalue weighted by Gasteiger charge is 2.40. The fourth-order valence-electron chi connectivity index (χ4n) is 2.40. The maximum Gasteiger partial charge on any atom is 0.237 e. The molecule has 1 aromatic rings. The van der Waals surface area contributed by atoms with Crippen molar-refractivity contribution in [3.05, 3.63) is 30.3 Å². The molecule has 0 saturated carbocycles. The third-order valence-corrected chi connectivity index (χ3v) is 3.80.